The summed E-state index contributed by atoms with van der Waals surface area (Å²) >= 11 is 0. The number of rotatable bonds is 8. The normalized spacial score (nSPS) is 12.3. The number of hydrogen-bond acceptors (Lipinski definition) is 1. The molecule has 0 aliphatic carbocycles. The van der Waals surface area contributed by atoms with E-state index in [4.69, 9.17) is 0 Å². The Bertz CT molecular complexity index is 1160. The van der Waals surface area contributed by atoms with Crippen LogP contribution in [-0.2, 0) is 0 Å². The van der Waals surface area contributed by atoms with E-state index in [0.29, 0.717) is 0 Å². The van der Waals surface area contributed by atoms with Crippen LogP contribution in [0, 0.1) is 0 Å². The van der Waals surface area contributed by atoms with Crippen LogP contribution in [-0.4, -0.2) is 9.47 Å². The van der Waals surface area contributed by atoms with Crippen LogP contribution in [0.5, 0.6) is 0 Å². The third kappa shape index (κ3) is 4.58. The molecule has 3 heteroatoms. The highest BCUT2D eigenvalue weighted by Crippen LogP contribution is 2.28. The molecule has 0 spiro atoms. The van der Waals surface area contributed by atoms with E-state index in [-0.39, 0.29) is 0 Å². The summed E-state index contributed by atoms with van der Waals surface area (Å²) in [4.78, 5) is 1.87. The average molecular weight is 397 g/mol. The van der Waals surface area contributed by atoms with Crippen LogP contribution in [0.25, 0.3) is 22.7 Å². The first-order valence-electron chi connectivity index (χ1n) is 9.66. The van der Waals surface area contributed by atoms with Crippen LogP contribution >= 0.6 is 0 Å². The van der Waals surface area contributed by atoms with Crippen LogP contribution < -0.4 is 0 Å². The van der Waals surface area contributed by atoms with Crippen LogP contribution in [0.4, 0.5) is 4.39 Å². The SMILES string of the molecule is C=C/C(F)=C\C=C\N(C(=C)C)/C(C=C)=C/c1cn(-c2ccccc2)c2ccccc12. The van der Waals surface area contributed by atoms with Crippen molar-refractivity contribution in [2.75, 3.05) is 0 Å². The van der Waals surface area contributed by atoms with Crippen molar-refractivity contribution in [2.24, 2.45) is 0 Å². The van der Waals surface area contributed by atoms with Crippen molar-refractivity contribution in [1.82, 2.24) is 9.47 Å². The molecule has 1 heterocycles. The molecule has 150 valence electrons. The highest BCUT2D eigenvalue weighted by molar-refractivity contribution is 5.91. The van der Waals surface area contributed by atoms with Gasteiger partial charge in [-0.3, -0.25) is 0 Å². The van der Waals surface area contributed by atoms with Crippen LogP contribution in [0.2, 0.25) is 0 Å². The third-order valence-corrected chi connectivity index (χ3v) is 4.66. The van der Waals surface area contributed by atoms with E-state index in [0.717, 1.165) is 39.6 Å². The van der Waals surface area contributed by atoms with E-state index in [1.165, 1.54) is 6.08 Å². The van der Waals surface area contributed by atoms with E-state index in [9.17, 15) is 4.39 Å². The van der Waals surface area contributed by atoms with Gasteiger partial charge >= 0.3 is 0 Å². The van der Waals surface area contributed by atoms with Crippen LogP contribution in [0.3, 0.4) is 0 Å². The zero-order valence-corrected chi connectivity index (χ0v) is 17.1. The highest BCUT2D eigenvalue weighted by atomic mass is 19.1. The molecule has 0 saturated carbocycles. The second-order valence-electron chi connectivity index (χ2n) is 6.78. The molecule has 0 unspecified atom stereocenters. The van der Waals surface area contributed by atoms with Crippen molar-refractivity contribution in [3.63, 3.8) is 0 Å². The number of aromatic nitrogens is 1. The van der Waals surface area contributed by atoms with Crippen LogP contribution in [0.15, 0.2) is 128 Å². The summed E-state index contributed by atoms with van der Waals surface area (Å²) < 4.78 is 15.5. The molecule has 0 aliphatic rings. The number of halogens is 1. The summed E-state index contributed by atoms with van der Waals surface area (Å²) in [6.45, 7) is 13.3. The van der Waals surface area contributed by atoms with Crippen molar-refractivity contribution in [2.45, 2.75) is 6.92 Å². The zero-order valence-electron chi connectivity index (χ0n) is 17.1. The summed E-state index contributed by atoms with van der Waals surface area (Å²) in [6.07, 6.45) is 11.8. The monoisotopic (exact) mass is 396 g/mol. The summed E-state index contributed by atoms with van der Waals surface area (Å²) in [5.74, 6) is -0.400. The number of fused-ring (bicyclic) bond motifs is 1. The molecule has 0 amide bonds. The van der Waals surface area contributed by atoms with Gasteiger partial charge in [0.1, 0.15) is 5.83 Å². The predicted molar refractivity (Wildman–Crippen MR) is 127 cm³/mol. The first-order chi connectivity index (χ1) is 14.5. The van der Waals surface area contributed by atoms with Gasteiger partial charge in [0.15, 0.2) is 0 Å². The molecular formula is C27H25FN2. The van der Waals surface area contributed by atoms with Gasteiger partial charge in [-0.15, -0.1) is 0 Å². The molecule has 30 heavy (non-hydrogen) atoms. The van der Waals surface area contributed by atoms with E-state index < -0.39 is 5.83 Å². The summed E-state index contributed by atoms with van der Waals surface area (Å²) in [6, 6.07) is 18.5. The first-order valence-corrected chi connectivity index (χ1v) is 9.66. The number of hydrogen-bond donors (Lipinski definition) is 0. The molecule has 0 aliphatic heterocycles. The smallest absolute Gasteiger partial charge is 0.122 e. The summed E-state index contributed by atoms with van der Waals surface area (Å²) in [5, 5.41) is 1.13. The van der Waals surface area contributed by atoms with Gasteiger partial charge in [0.2, 0.25) is 0 Å². The van der Waals surface area contributed by atoms with Gasteiger partial charge in [-0.1, -0.05) is 56.1 Å². The largest absolute Gasteiger partial charge is 0.322 e. The second kappa shape index (κ2) is 9.57. The standard InChI is InChI=1S/C27H25FN2/c1-5-23(28)13-12-18-29(21(3)4)24(6-2)19-22-20-30(25-14-8-7-9-15-25)27-17-11-10-16-26(22)27/h5-20H,1-3H2,4H3/b18-12+,23-13+,24-19+. The Morgan fingerprint density at radius 2 is 1.70 bits per heavy atom. The molecule has 3 aromatic rings. The molecule has 2 nitrogen and oxygen atoms in total. The van der Waals surface area contributed by atoms with Crippen molar-refractivity contribution < 1.29 is 4.39 Å². The number of nitrogens with zero attached hydrogens (tertiary/aromatic N) is 2. The van der Waals surface area contributed by atoms with Gasteiger partial charge in [-0.25, -0.2) is 4.39 Å². The van der Waals surface area contributed by atoms with Gasteiger partial charge in [-0.2, -0.15) is 0 Å². The Morgan fingerprint density at radius 3 is 2.37 bits per heavy atom. The topological polar surface area (TPSA) is 8.17 Å². The maximum Gasteiger partial charge on any atom is 0.122 e. The minimum atomic E-state index is -0.400. The Hall–Kier alpha value is -3.85. The van der Waals surface area contributed by atoms with Gasteiger partial charge in [0, 0.05) is 40.4 Å². The Kier molecular flexibility index (Phi) is 6.66. The first kappa shape index (κ1) is 20.9. The summed E-state index contributed by atoms with van der Waals surface area (Å²) in [5.41, 5.74) is 4.89. The fourth-order valence-corrected chi connectivity index (χ4v) is 3.23. The third-order valence-electron chi connectivity index (χ3n) is 4.66. The average Bonchev–Trinajstić information content (AvgIpc) is 3.14. The van der Waals surface area contributed by atoms with E-state index in [1.54, 1.807) is 18.4 Å². The Balaban J connectivity index is 2.10. The van der Waals surface area contributed by atoms with Gasteiger partial charge in [0.05, 0.1) is 5.52 Å². The molecule has 0 atom stereocenters. The summed E-state index contributed by atoms with van der Waals surface area (Å²) in [7, 11) is 0. The molecule has 3 rings (SSSR count). The lowest BCUT2D eigenvalue weighted by atomic mass is 10.1. The minimum Gasteiger partial charge on any atom is -0.322 e. The molecule has 2 aromatic carbocycles. The van der Waals surface area contributed by atoms with Crippen molar-refractivity contribution in [3.8, 4) is 5.69 Å². The molecule has 0 fully saturated rings. The molecule has 0 radical (unpaired) electrons. The van der Waals surface area contributed by atoms with Gasteiger partial charge in [-0.05, 0) is 55.5 Å². The second-order valence-corrected chi connectivity index (χ2v) is 6.78. The maximum absolute atomic E-state index is 13.4. The number of benzene rings is 2. The van der Waals surface area contributed by atoms with Crippen molar-refractivity contribution in [1.29, 1.82) is 0 Å². The molecule has 1 aromatic heterocycles. The van der Waals surface area contributed by atoms with E-state index in [1.807, 2.05) is 42.2 Å². The quantitative estimate of drug-likeness (QED) is 0.357. The Morgan fingerprint density at radius 1 is 1.00 bits per heavy atom. The molecule has 0 saturated heterocycles. The number of allylic oxidation sites excluding steroid dienone is 6. The molecule has 0 bridgehead atoms. The van der Waals surface area contributed by atoms with E-state index in [2.05, 4.69) is 60.8 Å². The highest BCUT2D eigenvalue weighted by Gasteiger charge is 2.10. The fraction of sp³-hybridized carbons (Fsp3) is 0.0370. The zero-order chi connectivity index (χ0) is 21.5. The Labute approximate surface area is 177 Å². The maximum atomic E-state index is 13.4. The fourth-order valence-electron chi connectivity index (χ4n) is 3.23. The van der Waals surface area contributed by atoms with Crippen molar-refractivity contribution in [3.05, 3.63) is 134 Å². The predicted octanol–water partition coefficient (Wildman–Crippen LogP) is 7.55. The van der Waals surface area contributed by atoms with Gasteiger partial charge < -0.3 is 9.47 Å². The lowest BCUT2D eigenvalue weighted by molar-refractivity contribution is 0.602. The molecular weight excluding hydrogens is 371 g/mol. The van der Waals surface area contributed by atoms with Gasteiger partial charge in [0.25, 0.3) is 0 Å². The number of para-hydroxylation sites is 2. The van der Waals surface area contributed by atoms with Crippen LogP contribution in [0.1, 0.15) is 12.5 Å². The molecule has 0 N–H and O–H groups in total. The minimum absolute atomic E-state index is 0.400. The van der Waals surface area contributed by atoms with Crippen molar-refractivity contribution >= 4 is 17.0 Å². The lowest BCUT2D eigenvalue weighted by Crippen LogP contribution is -2.11. The van der Waals surface area contributed by atoms with E-state index >= 15 is 0 Å². The lowest BCUT2D eigenvalue weighted by Gasteiger charge is -2.21.